The number of aryl methyl sites for hydroxylation is 1. The van der Waals surface area contributed by atoms with Gasteiger partial charge in [0.05, 0.1) is 13.5 Å². The van der Waals surface area contributed by atoms with Gasteiger partial charge in [-0.3, -0.25) is 4.79 Å². The van der Waals surface area contributed by atoms with E-state index in [4.69, 9.17) is 0 Å². The molecule has 1 aromatic heterocycles. The normalized spacial score (nSPS) is 10.1. The Labute approximate surface area is 114 Å². The molecule has 0 bridgehead atoms. The third-order valence-electron chi connectivity index (χ3n) is 2.65. The van der Waals surface area contributed by atoms with E-state index in [1.807, 2.05) is 24.9 Å². The van der Waals surface area contributed by atoms with Crippen molar-refractivity contribution in [3.05, 3.63) is 11.9 Å². The van der Waals surface area contributed by atoms with Gasteiger partial charge in [-0.15, -0.1) is 0 Å². The fraction of sp³-hybridized carbons (Fsp3) is 0.615. The number of aromatic nitrogens is 2. The molecular formula is C13H22N4O2. The van der Waals surface area contributed by atoms with Crippen LogP contribution in [0.5, 0.6) is 0 Å². The van der Waals surface area contributed by atoms with Crippen LogP contribution >= 0.6 is 0 Å². The zero-order valence-electron chi connectivity index (χ0n) is 12.1. The van der Waals surface area contributed by atoms with Crippen LogP contribution in [0, 0.1) is 6.92 Å². The molecule has 0 aliphatic rings. The zero-order chi connectivity index (χ0) is 14.3. The number of hydrogen-bond donors (Lipinski definition) is 1. The number of esters is 1. The van der Waals surface area contributed by atoms with Crippen molar-refractivity contribution in [2.24, 2.45) is 0 Å². The van der Waals surface area contributed by atoms with E-state index in [1.54, 1.807) is 0 Å². The number of carbonyl (C=O) groups excluding carboxylic acids is 1. The molecule has 0 amide bonds. The van der Waals surface area contributed by atoms with Gasteiger partial charge >= 0.3 is 5.97 Å². The van der Waals surface area contributed by atoms with E-state index < -0.39 is 0 Å². The van der Waals surface area contributed by atoms with E-state index in [0.29, 0.717) is 18.8 Å². The van der Waals surface area contributed by atoms with Crippen molar-refractivity contribution in [1.82, 2.24) is 9.97 Å². The Balaban J connectivity index is 2.70. The maximum atomic E-state index is 11.1. The van der Waals surface area contributed by atoms with Crippen LogP contribution in [0.2, 0.25) is 0 Å². The largest absolute Gasteiger partial charge is 0.469 e. The van der Waals surface area contributed by atoms with Gasteiger partial charge in [0, 0.05) is 26.2 Å². The number of nitrogens with one attached hydrogen (secondary N) is 1. The average Bonchev–Trinajstić information content (AvgIpc) is 2.41. The predicted octanol–water partition coefficient (Wildman–Crippen LogP) is 1.61. The lowest BCUT2D eigenvalue weighted by atomic mass is 10.3. The van der Waals surface area contributed by atoms with Crippen LogP contribution in [0.3, 0.4) is 0 Å². The summed E-state index contributed by atoms with van der Waals surface area (Å²) in [6.07, 6.45) is 1.38. The molecule has 0 unspecified atom stereocenters. The summed E-state index contributed by atoms with van der Waals surface area (Å²) in [6, 6.07) is 1.89. The monoisotopic (exact) mass is 266 g/mol. The molecule has 0 saturated heterocycles. The molecule has 0 radical (unpaired) electrons. The van der Waals surface area contributed by atoms with Crippen LogP contribution in [-0.4, -0.2) is 43.2 Å². The molecule has 1 aromatic rings. The lowest BCUT2D eigenvalue weighted by Gasteiger charge is -2.18. The first kappa shape index (κ1) is 15.2. The molecule has 1 N–H and O–H groups in total. The first-order valence-electron chi connectivity index (χ1n) is 6.44. The quantitative estimate of drug-likeness (QED) is 0.756. The van der Waals surface area contributed by atoms with Gasteiger partial charge in [-0.25, -0.2) is 9.97 Å². The Hall–Kier alpha value is -1.85. The van der Waals surface area contributed by atoms with Crippen LogP contribution in [0.15, 0.2) is 6.07 Å². The summed E-state index contributed by atoms with van der Waals surface area (Å²) in [5.41, 5.74) is 0. The Kier molecular flexibility index (Phi) is 6.05. The van der Waals surface area contributed by atoms with Gasteiger partial charge in [-0.1, -0.05) is 6.92 Å². The molecule has 0 aliphatic heterocycles. The summed E-state index contributed by atoms with van der Waals surface area (Å²) in [4.78, 5) is 21.7. The number of ether oxygens (including phenoxy) is 1. The molecular weight excluding hydrogens is 244 g/mol. The topological polar surface area (TPSA) is 67.4 Å². The van der Waals surface area contributed by atoms with Gasteiger partial charge in [0.25, 0.3) is 0 Å². The van der Waals surface area contributed by atoms with Crippen molar-refractivity contribution in [3.8, 4) is 0 Å². The zero-order valence-corrected chi connectivity index (χ0v) is 12.1. The molecule has 0 atom stereocenters. The Bertz CT molecular complexity index is 423. The van der Waals surface area contributed by atoms with Crippen LogP contribution in [0.4, 0.5) is 11.6 Å². The highest BCUT2D eigenvalue weighted by Crippen LogP contribution is 2.15. The second-order valence-corrected chi connectivity index (χ2v) is 4.33. The van der Waals surface area contributed by atoms with Gasteiger partial charge in [0.1, 0.15) is 17.5 Å². The number of carbonyl (C=O) groups is 1. The van der Waals surface area contributed by atoms with E-state index >= 15 is 0 Å². The van der Waals surface area contributed by atoms with Gasteiger partial charge in [0.2, 0.25) is 0 Å². The van der Waals surface area contributed by atoms with Gasteiger partial charge in [-0.2, -0.15) is 0 Å². The first-order valence-corrected chi connectivity index (χ1v) is 6.44. The van der Waals surface area contributed by atoms with Crippen molar-refractivity contribution in [3.63, 3.8) is 0 Å². The molecule has 106 valence electrons. The lowest BCUT2D eigenvalue weighted by molar-refractivity contribution is -0.140. The highest BCUT2D eigenvalue weighted by atomic mass is 16.5. The van der Waals surface area contributed by atoms with Crippen LogP contribution in [0.25, 0.3) is 0 Å². The number of rotatable bonds is 7. The Morgan fingerprint density at radius 3 is 2.84 bits per heavy atom. The minimum atomic E-state index is -0.220. The number of anilines is 2. The van der Waals surface area contributed by atoms with Crippen LogP contribution in [0.1, 0.15) is 25.6 Å². The molecule has 0 aliphatic carbocycles. The maximum absolute atomic E-state index is 11.1. The molecule has 0 fully saturated rings. The van der Waals surface area contributed by atoms with E-state index in [-0.39, 0.29) is 5.97 Å². The van der Waals surface area contributed by atoms with Crippen molar-refractivity contribution >= 4 is 17.6 Å². The average molecular weight is 266 g/mol. The minimum Gasteiger partial charge on any atom is -0.469 e. The summed E-state index contributed by atoms with van der Waals surface area (Å²) in [5.74, 6) is 2.10. The molecule has 0 aromatic carbocycles. The van der Waals surface area contributed by atoms with Crippen LogP contribution < -0.4 is 10.2 Å². The van der Waals surface area contributed by atoms with Gasteiger partial charge < -0.3 is 15.0 Å². The highest BCUT2D eigenvalue weighted by Gasteiger charge is 2.08. The molecule has 0 saturated carbocycles. The molecule has 1 heterocycles. The fourth-order valence-corrected chi connectivity index (χ4v) is 1.57. The van der Waals surface area contributed by atoms with Crippen LogP contribution in [-0.2, 0) is 9.53 Å². The van der Waals surface area contributed by atoms with E-state index in [2.05, 4.69) is 26.9 Å². The Morgan fingerprint density at radius 1 is 1.47 bits per heavy atom. The van der Waals surface area contributed by atoms with E-state index in [0.717, 1.165) is 24.6 Å². The molecule has 19 heavy (non-hydrogen) atoms. The predicted molar refractivity (Wildman–Crippen MR) is 75.5 cm³/mol. The number of hydrogen-bond acceptors (Lipinski definition) is 6. The molecule has 6 heteroatoms. The Morgan fingerprint density at radius 2 is 2.21 bits per heavy atom. The van der Waals surface area contributed by atoms with Gasteiger partial charge in [-0.05, 0) is 13.3 Å². The summed E-state index contributed by atoms with van der Waals surface area (Å²) >= 11 is 0. The molecule has 6 nitrogen and oxygen atoms in total. The molecule has 1 rings (SSSR count). The van der Waals surface area contributed by atoms with Crippen molar-refractivity contribution < 1.29 is 9.53 Å². The SMILES string of the molecule is CCCNc1cc(N(C)CCC(=O)OC)nc(C)n1. The second-order valence-electron chi connectivity index (χ2n) is 4.33. The summed E-state index contributed by atoms with van der Waals surface area (Å²) in [6.45, 7) is 5.40. The van der Waals surface area contributed by atoms with Crippen molar-refractivity contribution in [1.29, 1.82) is 0 Å². The first-order chi connectivity index (χ1) is 9.06. The summed E-state index contributed by atoms with van der Waals surface area (Å²) < 4.78 is 4.63. The highest BCUT2D eigenvalue weighted by molar-refractivity contribution is 5.70. The van der Waals surface area contributed by atoms with Crippen molar-refractivity contribution in [2.45, 2.75) is 26.7 Å². The standard InChI is InChI=1S/C13H22N4O2/c1-5-7-14-11-9-12(16-10(2)15-11)17(3)8-6-13(18)19-4/h9H,5-8H2,1-4H3,(H,14,15,16). The van der Waals surface area contributed by atoms with Crippen molar-refractivity contribution in [2.75, 3.05) is 37.5 Å². The fourth-order valence-electron chi connectivity index (χ4n) is 1.57. The number of nitrogens with zero attached hydrogens (tertiary/aromatic N) is 3. The smallest absolute Gasteiger partial charge is 0.307 e. The maximum Gasteiger partial charge on any atom is 0.307 e. The van der Waals surface area contributed by atoms with E-state index in [1.165, 1.54) is 7.11 Å². The lowest BCUT2D eigenvalue weighted by Crippen LogP contribution is -2.23. The summed E-state index contributed by atoms with van der Waals surface area (Å²) in [7, 11) is 3.29. The third-order valence-corrected chi connectivity index (χ3v) is 2.65. The minimum absolute atomic E-state index is 0.220. The second kappa shape index (κ2) is 7.56. The van der Waals surface area contributed by atoms with E-state index in [9.17, 15) is 4.79 Å². The number of methoxy groups -OCH3 is 1. The third kappa shape index (κ3) is 5.11. The summed E-state index contributed by atoms with van der Waals surface area (Å²) in [5, 5.41) is 3.24. The molecule has 0 spiro atoms. The van der Waals surface area contributed by atoms with Gasteiger partial charge in [0.15, 0.2) is 0 Å².